The van der Waals surface area contributed by atoms with Gasteiger partial charge in [0.05, 0.1) is 12.7 Å². The molecule has 2 aromatic carbocycles. The van der Waals surface area contributed by atoms with Gasteiger partial charge in [-0.05, 0) is 49.1 Å². The van der Waals surface area contributed by atoms with Crippen molar-refractivity contribution in [3.8, 4) is 5.75 Å². The van der Waals surface area contributed by atoms with E-state index in [1.807, 2.05) is 30.3 Å². The van der Waals surface area contributed by atoms with Crippen LogP contribution in [0.1, 0.15) is 43.7 Å². The molecule has 2 N–H and O–H groups in total. The van der Waals surface area contributed by atoms with Crippen LogP contribution < -0.4 is 4.74 Å². The number of hydrogen-bond donors (Lipinski definition) is 2. The summed E-state index contributed by atoms with van der Waals surface area (Å²) in [5.41, 5.74) is 2.47. The number of nitrogens with zero attached hydrogens (tertiary/aromatic N) is 1. The lowest BCUT2D eigenvalue weighted by molar-refractivity contribution is 0.0914. The van der Waals surface area contributed by atoms with Gasteiger partial charge in [0.25, 0.3) is 0 Å². The minimum atomic E-state index is -0.296. The number of rotatable bonds is 14. The number of aryl methyl sites for hydroxylation is 1. The minimum Gasteiger partial charge on any atom is -0.489 e. The Hall–Kier alpha value is -1.59. The van der Waals surface area contributed by atoms with Crippen molar-refractivity contribution in [2.45, 2.75) is 51.7 Å². The highest BCUT2D eigenvalue weighted by Crippen LogP contribution is 2.13. The first-order chi connectivity index (χ1) is 13.7. The van der Waals surface area contributed by atoms with Gasteiger partial charge in [0, 0.05) is 13.1 Å². The standard InChI is InChI=1S/C24H35NO3.ClH/c1-2-3-9-23(27)19-25(17-18-26)16-7-8-21-12-14-22(15-13-21)20-28-24-10-5-4-6-11-24;/h4-6,10-15,23,26-27H,2-3,7-9,16-20H2,1H3;1H. The number of hydrogen-bond acceptors (Lipinski definition) is 4. The minimum absolute atomic E-state index is 0. The lowest BCUT2D eigenvalue weighted by Gasteiger charge is -2.24. The van der Waals surface area contributed by atoms with E-state index in [0.717, 1.165) is 50.0 Å². The third-order valence-electron chi connectivity index (χ3n) is 4.89. The van der Waals surface area contributed by atoms with Crippen molar-refractivity contribution in [2.24, 2.45) is 0 Å². The summed E-state index contributed by atoms with van der Waals surface area (Å²) >= 11 is 0. The van der Waals surface area contributed by atoms with E-state index in [0.29, 0.717) is 19.7 Å². The molecule has 0 radical (unpaired) electrons. The van der Waals surface area contributed by atoms with Gasteiger partial charge in [-0.3, -0.25) is 4.90 Å². The summed E-state index contributed by atoms with van der Waals surface area (Å²) < 4.78 is 5.78. The highest BCUT2D eigenvalue weighted by molar-refractivity contribution is 5.85. The van der Waals surface area contributed by atoms with Crippen molar-refractivity contribution in [3.63, 3.8) is 0 Å². The molecule has 0 aliphatic carbocycles. The number of benzene rings is 2. The summed E-state index contributed by atoms with van der Waals surface area (Å²) in [5, 5.41) is 19.4. The van der Waals surface area contributed by atoms with Crippen LogP contribution in [0.4, 0.5) is 0 Å². The lowest BCUT2D eigenvalue weighted by atomic mass is 10.1. The quantitative estimate of drug-likeness (QED) is 0.472. The molecule has 0 spiro atoms. The van der Waals surface area contributed by atoms with E-state index in [4.69, 9.17) is 4.74 Å². The van der Waals surface area contributed by atoms with E-state index >= 15 is 0 Å². The molecule has 0 heterocycles. The first kappa shape index (κ1) is 25.4. The normalized spacial score (nSPS) is 11.9. The van der Waals surface area contributed by atoms with Crippen LogP contribution >= 0.6 is 12.4 Å². The Morgan fingerprint density at radius 1 is 0.931 bits per heavy atom. The van der Waals surface area contributed by atoms with Gasteiger partial charge in [0.2, 0.25) is 0 Å². The smallest absolute Gasteiger partial charge is 0.119 e. The molecule has 0 aliphatic heterocycles. The van der Waals surface area contributed by atoms with Gasteiger partial charge in [-0.2, -0.15) is 0 Å². The number of ether oxygens (including phenoxy) is 1. The van der Waals surface area contributed by atoms with Crippen molar-refractivity contribution >= 4 is 12.4 Å². The fraction of sp³-hybridized carbons (Fsp3) is 0.500. The summed E-state index contributed by atoms with van der Waals surface area (Å²) in [6, 6.07) is 18.4. The monoisotopic (exact) mass is 421 g/mol. The van der Waals surface area contributed by atoms with Gasteiger partial charge >= 0.3 is 0 Å². The molecular formula is C24H36ClNO3. The van der Waals surface area contributed by atoms with E-state index in [-0.39, 0.29) is 25.1 Å². The average Bonchev–Trinajstić information content (AvgIpc) is 2.72. The van der Waals surface area contributed by atoms with E-state index in [9.17, 15) is 10.2 Å². The molecular weight excluding hydrogens is 386 g/mol. The van der Waals surface area contributed by atoms with Gasteiger partial charge in [0.1, 0.15) is 12.4 Å². The molecule has 162 valence electrons. The van der Waals surface area contributed by atoms with E-state index in [1.54, 1.807) is 0 Å². The Balaban J connectivity index is 0.00000420. The number of para-hydroxylation sites is 1. The first-order valence-electron chi connectivity index (χ1n) is 10.5. The molecule has 0 fully saturated rings. The van der Waals surface area contributed by atoms with Crippen molar-refractivity contribution in [1.29, 1.82) is 0 Å². The zero-order valence-corrected chi connectivity index (χ0v) is 18.3. The molecule has 29 heavy (non-hydrogen) atoms. The zero-order chi connectivity index (χ0) is 20.0. The van der Waals surface area contributed by atoms with Crippen LogP contribution in [-0.4, -0.2) is 47.5 Å². The van der Waals surface area contributed by atoms with Gasteiger partial charge in [0.15, 0.2) is 0 Å². The predicted molar refractivity (Wildman–Crippen MR) is 122 cm³/mol. The van der Waals surface area contributed by atoms with E-state index < -0.39 is 0 Å². The predicted octanol–water partition coefficient (Wildman–Crippen LogP) is 4.47. The second kappa shape index (κ2) is 15.3. The molecule has 4 nitrogen and oxygen atoms in total. The van der Waals surface area contributed by atoms with Crippen LogP contribution in [0.3, 0.4) is 0 Å². The van der Waals surface area contributed by atoms with Crippen molar-refractivity contribution in [3.05, 3.63) is 65.7 Å². The SMILES string of the molecule is CCCCC(O)CN(CCO)CCCc1ccc(COc2ccccc2)cc1.Cl. The molecule has 0 aliphatic rings. The molecule has 5 heteroatoms. The highest BCUT2D eigenvalue weighted by atomic mass is 35.5. The first-order valence-corrected chi connectivity index (χ1v) is 10.5. The largest absolute Gasteiger partial charge is 0.489 e. The van der Waals surface area contributed by atoms with Crippen molar-refractivity contribution in [2.75, 3.05) is 26.2 Å². The van der Waals surface area contributed by atoms with Gasteiger partial charge in [-0.25, -0.2) is 0 Å². The van der Waals surface area contributed by atoms with Crippen LogP contribution in [0.25, 0.3) is 0 Å². The second-order valence-corrected chi connectivity index (χ2v) is 7.34. The molecule has 0 aromatic heterocycles. The maximum absolute atomic E-state index is 10.1. The molecule has 0 saturated heterocycles. The summed E-state index contributed by atoms with van der Waals surface area (Å²) in [7, 11) is 0. The Bertz CT molecular complexity index is 636. The number of aliphatic hydroxyl groups excluding tert-OH is 2. The van der Waals surface area contributed by atoms with Gasteiger partial charge in [-0.15, -0.1) is 12.4 Å². The molecule has 2 aromatic rings. The molecule has 2 rings (SSSR count). The maximum atomic E-state index is 10.1. The fourth-order valence-electron chi connectivity index (χ4n) is 3.26. The molecule has 0 amide bonds. The molecule has 0 bridgehead atoms. The van der Waals surface area contributed by atoms with Crippen molar-refractivity contribution in [1.82, 2.24) is 4.90 Å². The third-order valence-corrected chi connectivity index (χ3v) is 4.89. The topological polar surface area (TPSA) is 52.9 Å². The van der Waals surface area contributed by atoms with E-state index in [2.05, 4.69) is 36.1 Å². The molecule has 1 atom stereocenters. The van der Waals surface area contributed by atoms with Crippen LogP contribution in [0.15, 0.2) is 54.6 Å². The van der Waals surface area contributed by atoms with E-state index in [1.165, 1.54) is 5.56 Å². The molecule has 0 saturated carbocycles. The number of unbranched alkanes of at least 4 members (excludes halogenated alkanes) is 1. The summed E-state index contributed by atoms with van der Waals surface area (Å²) in [6.45, 7) is 5.01. The lowest BCUT2D eigenvalue weighted by Crippen LogP contribution is -2.35. The van der Waals surface area contributed by atoms with Gasteiger partial charge < -0.3 is 14.9 Å². The van der Waals surface area contributed by atoms with Crippen molar-refractivity contribution < 1.29 is 14.9 Å². The fourth-order valence-corrected chi connectivity index (χ4v) is 3.26. The van der Waals surface area contributed by atoms with Crippen LogP contribution in [0, 0.1) is 0 Å². The Kier molecular flexibility index (Phi) is 13.4. The van der Waals surface area contributed by atoms with Crippen LogP contribution in [0.2, 0.25) is 0 Å². The van der Waals surface area contributed by atoms with Crippen LogP contribution in [-0.2, 0) is 13.0 Å². The highest BCUT2D eigenvalue weighted by Gasteiger charge is 2.11. The maximum Gasteiger partial charge on any atom is 0.119 e. The number of aliphatic hydroxyl groups is 2. The summed E-state index contributed by atoms with van der Waals surface area (Å²) in [6.07, 6.45) is 4.70. The Morgan fingerprint density at radius 2 is 1.62 bits per heavy atom. The Morgan fingerprint density at radius 3 is 2.28 bits per heavy atom. The Labute approximate surface area is 181 Å². The second-order valence-electron chi connectivity index (χ2n) is 7.34. The molecule has 1 unspecified atom stereocenters. The summed E-state index contributed by atoms with van der Waals surface area (Å²) in [5.74, 6) is 0.886. The zero-order valence-electron chi connectivity index (χ0n) is 17.5. The van der Waals surface area contributed by atoms with Crippen LogP contribution in [0.5, 0.6) is 5.75 Å². The van der Waals surface area contributed by atoms with Gasteiger partial charge in [-0.1, -0.05) is 62.2 Å². The average molecular weight is 422 g/mol. The third kappa shape index (κ3) is 10.7. The summed E-state index contributed by atoms with van der Waals surface area (Å²) in [4.78, 5) is 2.17. The number of halogens is 1.